The molecular weight excluding hydrogens is 497 g/mol. The molecule has 8 nitrogen and oxygen atoms in total. The molecule has 1 aliphatic carbocycles. The van der Waals surface area contributed by atoms with Gasteiger partial charge in [0.25, 0.3) is 5.54 Å². The van der Waals surface area contributed by atoms with Gasteiger partial charge in [-0.15, -0.1) is 17.5 Å². The van der Waals surface area contributed by atoms with Gasteiger partial charge in [-0.1, -0.05) is 5.21 Å². The third-order valence-corrected chi connectivity index (χ3v) is 7.18. The Labute approximate surface area is 210 Å². The van der Waals surface area contributed by atoms with Gasteiger partial charge in [-0.3, -0.25) is 4.90 Å². The highest BCUT2D eigenvalue weighted by atomic mass is 35.5. The highest BCUT2D eigenvalue weighted by Crippen LogP contribution is 2.63. The molecule has 3 aliphatic rings. The molecule has 0 radical (unpaired) electrons. The van der Waals surface area contributed by atoms with E-state index in [2.05, 4.69) is 20.5 Å². The predicted octanol–water partition coefficient (Wildman–Crippen LogP) is 3.77. The van der Waals surface area contributed by atoms with E-state index in [9.17, 15) is 4.79 Å². The molecule has 6 rings (SSSR count). The first-order chi connectivity index (χ1) is 16.9. The zero-order chi connectivity index (χ0) is 24.3. The molecule has 4 atom stereocenters. The van der Waals surface area contributed by atoms with Crippen molar-refractivity contribution in [2.75, 3.05) is 24.5 Å². The fraction of sp³-hybridized carbons (Fsp3) is 0.333. The van der Waals surface area contributed by atoms with E-state index in [1.54, 1.807) is 6.20 Å². The maximum Gasteiger partial charge on any atom is 0.414 e. The highest BCUT2D eigenvalue weighted by Gasteiger charge is 2.77. The van der Waals surface area contributed by atoms with Gasteiger partial charge in [-0.05, 0) is 35.9 Å². The first-order valence-electron chi connectivity index (χ1n) is 11.1. The van der Waals surface area contributed by atoms with Crippen LogP contribution in [0.2, 0.25) is 0 Å². The molecule has 0 bridgehead atoms. The minimum absolute atomic E-state index is 0. The van der Waals surface area contributed by atoms with E-state index in [0.717, 1.165) is 18.2 Å². The molecule has 3 heterocycles. The Morgan fingerprint density at radius 3 is 2.47 bits per heavy atom. The summed E-state index contributed by atoms with van der Waals surface area (Å²) in [6.45, 7) is 9.17. The van der Waals surface area contributed by atoms with Gasteiger partial charge in [0.2, 0.25) is 0 Å². The number of amides is 1. The maximum atomic E-state index is 15.1. The fourth-order valence-electron chi connectivity index (χ4n) is 5.49. The van der Waals surface area contributed by atoms with Crippen LogP contribution in [0.1, 0.15) is 5.56 Å². The molecule has 0 spiro atoms. The number of fused-ring (bicyclic) bond motifs is 1. The summed E-state index contributed by atoms with van der Waals surface area (Å²) in [6.07, 6.45) is 2.03. The van der Waals surface area contributed by atoms with Crippen molar-refractivity contribution in [1.29, 1.82) is 0 Å². The quantitative estimate of drug-likeness (QED) is 0.522. The van der Waals surface area contributed by atoms with Gasteiger partial charge in [-0.25, -0.2) is 29.2 Å². The standard InChI is InChI=1S/C24H19F3N6O2.ClH/c1-28-24(17-9-29-10-18(17)24)22-20(26)6-13(7-21(22)27)16-3-2-14(8-19(16)25)33-12-15(35-23(33)34)11-32-5-4-30-31-32;/h2-8,15,17-18,29H,9-12H2;1H/t15-,17-,18+,24?;/m0./s1. The lowest BCUT2D eigenvalue weighted by atomic mass is 9.95. The summed E-state index contributed by atoms with van der Waals surface area (Å²) < 4.78 is 52.2. The number of rotatable bonds is 5. The Hall–Kier alpha value is -3.62. The number of hydrogen-bond donors (Lipinski definition) is 1. The van der Waals surface area contributed by atoms with E-state index in [1.165, 1.54) is 27.9 Å². The van der Waals surface area contributed by atoms with Crippen molar-refractivity contribution in [3.8, 4) is 11.1 Å². The van der Waals surface area contributed by atoms with Gasteiger partial charge in [0.1, 0.15) is 29.1 Å². The number of hydrogen-bond acceptors (Lipinski definition) is 5. The van der Waals surface area contributed by atoms with Crippen LogP contribution in [0.15, 0.2) is 42.7 Å². The summed E-state index contributed by atoms with van der Waals surface area (Å²) in [7, 11) is 0. The third-order valence-electron chi connectivity index (χ3n) is 7.18. The minimum Gasteiger partial charge on any atom is -0.442 e. The van der Waals surface area contributed by atoms with Gasteiger partial charge in [-0.2, -0.15) is 0 Å². The van der Waals surface area contributed by atoms with Crippen LogP contribution in [-0.4, -0.2) is 46.8 Å². The molecule has 1 saturated carbocycles. The molecule has 1 unspecified atom stereocenters. The number of nitrogens with one attached hydrogen (secondary N) is 1. The van der Waals surface area contributed by atoms with Crippen molar-refractivity contribution >= 4 is 24.2 Å². The fourth-order valence-corrected chi connectivity index (χ4v) is 5.49. The van der Waals surface area contributed by atoms with Crippen molar-refractivity contribution in [3.05, 3.63) is 77.2 Å². The van der Waals surface area contributed by atoms with Gasteiger partial charge >= 0.3 is 6.09 Å². The number of carbonyl (C=O) groups excluding carboxylic acids is 1. The van der Waals surface area contributed by atoms with Crippen LogP contribution in [0.25, 0.3) is 16.0 Å². The lowest BCUT2D eigenvalue weighted by Gasteiger charge is -2.16. The summed E-state index contributed by atoms with van der Waals surface area (Å²) in [4.78, 5) is 17.2. The van der Waals surface area contributed by atoms with Crippen molar-refractivity contribution in [3.63, 3.8) is 0 Å². The summed E-state index contributed by atoms with van der Waals surface area (Å²) in [5.41, 5.74) is -1.16. The second kappa shape index (κ2) is 8.80. The molecule has 2 aliphatic heterocycles. The van der Waals surface area contributed by atoms with Crippen LogP contribution in [0.4, 0.5) is 23.7 Å². The van der Waals surface area contributed by atoms with Crippen molar-refractivity contribution in [2.24, 2.45) is 11.8 Å². The van der Waals surface area contributed by atoms with E-state index in [4.69, 9.17) is 11.3 Å². The Morgan fingerprint density at radius 2 is 1.86 bits per heavy atom. The molecule has 186 valence electrons. The van der Waals surface area contributed by atoms with Crippen LogP contribution in [0.5, 0.6) is 0 Å². The van der Waals surface area contributed by atoms with Gasteiger partial charge in [0, 0.05) is 24.8 Å². The number of halogens is 4. The van der Waals surface area contributed by atoms with Gasteiger partial charge < -0.3 is 14.9 Å². The smallest absolute Gasteiger partial charge is 0.414 e. The molecule has 1 amide bonds. The number of nitrogens with zero attached hydrogens (tertiary/aromatic N) is 5. The molecule has 3 fully saturated rings. The normalized spacial score (nSPS) is 26.2. The average Bonchev–Trinajstić information content (AvgIpc) is 3.36. The number of ether oxygens (including phenoxy) is 1. The number of benzene rings is 2. The molecule has 1 aromatic heterocycles. The lowest BCUT2D eigenvalue weighted by molar-refractivity contribution is 0.129. The summed E-state index contributed by atoms with van der Waals surface area (Å²) in [5.74, 6) is -2.70. The highest BCUT2D eigenvalue weighted by molar-refractivity contribution is 5.90. The second-order valence-electron chi connectivity index (χ2n) is 9.03. The molecule has 2 saturated heterocycles. The van der Waals surface area contributed by atoms with Gasteiger partial charge in [0.15, 0.2) is 0 Å². The maximum absolute atomic E-state index is 15.1. The molecule has 36 heavy (non-hydrogen) atoms. The van der Waals surface area contributed by atoms with E-state index >= 15 is 13.2 Å². The van der Waals surface area contributed by atoms with E-state index in [1.807, 2.05) is 0 Å². The van der Waals surface area contributed by atoms with Crippen LogP contribution in [0, 0.1) is 35.9 Å². The Morgan fingerprint density at radius 1 is 1.14 bits per heavy atom. The zero-order valence-corrected chi connectivity index (χ0v) is 19.5. The summed E-state index contributed by atoms with van der Waals surface area (Å²) >= 11 is 0. The van der Waals surface area contributed by atoms with E-state index in [-0.39, 0.29) is 53.2 Å². The average molecular weight is 517 g/mol. The number of anilines is 1. The number of piperidine rings is 1. The summed E-state index contributed by atoms with van der Waals surface area (Å²) in [5, 5.41) is 10.7. The van der Waals surface area contributed by atoms with Crippen molar-refractivity contribution in [1.82, 2.24) is 20.3 Å². The monoisotopic (exact) mass is 516 g/mol. The number of cyclic esters (lactones) is 1. The lowest BCUT2D eigenvalue weighted by Crippen LogP contribution is -2.26. The van der Waals surface area contributed by atoms with E-state index < -0.39 is 35.2 Å². The van der Waals surface area contributed by atoms with Gasteiger partial charge in [0.05, 0.1) is 36.8 Å². The van der Waals surface area contributed by atoms with Crippen molar-refractivity contribution in [2.45, 2.75) is 18.2 Å². The molecule has 2 aromatic carbocycles. The first-order valence-corrected chi connectivity index (χ1v) is 11.1. The molecule has 1 N–H and O–H groups in total. The minimum atomic E-state index is -1.20. The Balaban J connectivity index is 0.00000267. The van der Waals surface area contributed by atoms with Crippen LogP contribution in [-0.2, 0) is 16.8 Å². The largest absolute Gasteiger partial charge is 0.442 e. The topological polar surface area (TPSA) is 76.6 Å². The Kier molecular flexibility index (Phi) is 5.89. The first kappa shape index (κ1) is 24.1. The number of carbonyl (C=O) groups is 1. The number of aromatic nitrogens is 3. The summed E-state index contributed by atoms with van der Waals surface area (Å²) in [6, 6.07) is 6.15. The Bertz CT molecular complexity index is 1350. The van der Waals surface area contributed by atoms with Crippen LogP contribution < -0.4 is 10.2 Å². The van der Waals surface area contributed by atoms with Crippen LogP contribution >= 0.6 is 12.4 Å². The molecular formula is C24H20ClF3N6O2. The zero-order valence-electron chi connectivity index (χ0n) is 18.7. The van der Waals surface area contributed by atoms with Crippen LogP contribution in [0.3, 0.4) is 0 Å². The van der Waals surface area contributed by atoms with Crippen molar-refractivity contribution < 1.29 is 22.7 Å². The predicted molar refractivity (Wildman–Crippen MR) is 125 cm³/mol. The molecule has 3 aromatic rings. The second-order valence-corrected chi connectivity index (χ2v) is 9.03. The van der Waals surface area contributed by atoms with E-state index in [0.29, 0.717) is 19.6 Å². The molecule has 12 heteroatoms. The SMILES string of the molecule is Cl.[C-]#[N+]C1(c2c(F)cc(-c3ccc(N4C[C@H](Cn5ccnn5)OC4=O)cc3F)cc2F)[C@@H]2CNC[C@@H]21. The third kappa shape index (κ3) is 3.60.